The van der Waals surface area contributed by atoms with Crippen LogP contribution in [0.2, 0.25) is 5.02 Å². The van der Waals surface area contributed by atoms with Crippen molar-refractivity contribution in [2.45, 2.75) is 19.4 Å². The first kappa shape index (κ1) is 17.1. The zero-order valence-corrected chi connectivity index (χ0v) is 15.3. The normalized spacial score (nSPS) is 16.1. The number of anilines is 1. The SMILES string of the molecule is CCC(NC(=O)N1CCN(c2cccc(Cl)c2)CC1)c1cccs1. The molecular formula is C18H22ClN3OS. The summed E-state index contributed by atoms with van der Waals surface area (Å²) < 4.78 is 0. The molecule has 3 rings (SSSR count). The van der Waals surface area contributed by atoms with Crippen molar-refractivity contribution < 1.29 is 4.79 Å². The lowest BCUT2D eigenvalue weighted by molar-refractivity contribution is 0.190. The third-order valence-electron chi connectivity index (χ3n) is 4.33. The molecule has 1 N–H and O–H groups in total. The van der Waals surface area contributed by atoms with Crippen molar-refractivity contribution in [1.29, 1.82) is 0 Å². The Morgan fingerprint density at radius 1 is 1.25 bits per heavy atom. The predicted molar refractivity (Wildman–Crippen MR) is 101 cm³/mol. The molecule has 1 atom stereocenters. The van der Waals surface area contributed by atoms with Crippen LogP contribution in [-0.2, 0) is 0 Å². The number of thiophene rings is 1. The monoisotopic (exact) mass is 363 g/mol. The Morgan fingerprint density at radius 2 is 2.04 bits per heavy atom. The number of piperazine rings is 1. The number of rotatable bonds is 4. The fourth-order valence-corrected chi connectivity index (χ4v) is 3.99. The fraction of sp³-hybridized carbons (Fsp3) is 0.389. The first-order chi connectivity index (χ1) is 11.7. The first-order valence-electron chi connectivity index (χ1n) is 8.26. The van der Waals surface area contributed by atoms with Crippen LogP contribution in [0.25, 0.3) is 0 Å². The van der Waals surface area contributed by atoms with Crippen molar-refractivity contribution in [2.75, 3.05) is 31.1 Å². The number of nitrogens with zero attached hydrogens (tertiary/aromatic N) is 2. The second-order valence-corrected chi connectivity index (χ2v) is 7.30. The van der Waals surface area contributed by atoms with Crippen molar-refractivity contribution in [2.24, 2.45) is 0 Å². The number of carbonyl (C=O) groups excluding carboxylic acids is 1. The van der Waals surface area contributed by atoms with E-state index in [1.54, 1.807) is 11.3 Å². The van der Waals surface area contributed by atoms with Gasteiger partial charge in [-0.3, -0.25) is 0 Å². The smallest absolute Gasteiger partial charge is 0.318 e. The van der Waals surface area contributed by atoms with Crippen molar-refractivity contribution in [1.82, 2.24) is 10.2 Å². The topological polar surface area (TPSA) is 35.6 Å². The first-order valence-corrected chi connectivity index (χ1v) is 9.52. The van der Waals surface area contributed by atoms with E-state index < -0.39 is 0 Å². The maximum absolute atomic E-state index is 12.5. The van der Waals surface area contributed by atoms with E-state index in [1.807, 2.05) is 34.5 Å². The number of amides is 2. The Kier molecular flexibility index (Phi) is 5.63. The molecule has 1 aromatic heterocycles. The highest BCUT2D eigenvalue weighted by Crippen LogP contribution is 2.23. The molecule has 2 aromatic rings. The minimum Gasteiger partial charge on any atom is -0.368 e. The third-order valence-corrected chi connectivity index (χ3v) is 5.55. The number of hydrogen-bond donors (Lipinski definition) is 1. The molecular weight excluding hydrogens is 342 g/mol. The van der Waals surface area contributed by atoms with E-state index in [0.29, 0.717) is 0 Å². The summed E-state index contributed by atoms with van der Waals surface area (Å²) in [4.78, 5) is 17.9. The quantitative estimate of drug-likeness (QED) is 0.874. The summed E-state index contributed by atoms with van der Waals surface area (Å²) in [5, 5.41) is 5.95. The van der Waals surface area contributed by atoms with E-state index in [2.05, 4.69) is 29.3 Å². The molecule has 24 heavy (non-hydrogen) atoms. The molecule has 0 aliphatic carbocycles. The summed E-state index contributed by atoms with van der Waals surface area (Å²) in [7, 11) is 0. The molecule has 1 aliphatic rings. The summed E-state index contributed by atoms with van der Waals surface area (Å²) in [5.74, 6) is 0. The Morgan fingerprint density at radius 3 is 2.67 bits per heavy atom. The van der Waals surface area contributed by atoms with Crippen LogP contribution in [0.3, 0.4) is 0 Å². The fourth-order valence-electron chi connectivity index (χ4n) is 2.94. The van der Waals surface area contributed by atoms with Crippen LogP contribution in [-0.4, -0.2) is 37.1 Å². The van der Waals surface area contributed by atoms with E-state index in [0.717, 1.165) is 43.3 Å². The third kappa shape index (κ3) is 4.02. The Bertz CT molecular complexity index is 669. The number of carbonyl (C=O) groups is 1. The molecule has 1 aliphatic heterocycles. The molecule has 0 spiro atoms. The van der Waals surface area contributed by atoms with Gasteiger partial charge in [0, 0.05) is 41.8 Å². The summed E-state index contributed by atoms with van der Waals surface area (Å²) in [5.41, 5.74) is 1.12. The van der Waals surface area contributed by atoms with E-state index in [-0.39, 0.29) is 12.1 Å². The van der Waals surface area contributed by atoms with Gasteiger partial charge < -0.3 is 15.1 Å². The molecule has 128 valence electrons. The number of halogens is 1. The van der Waals surface area contributed by atoms with Crippen molar-refractivity contribution in [3.63, 3.8) is 0 Å². The minimum atomic E-state index is 0.0287. The van der Waals surface area contributed by atoms with Gasteiger partial charge in [0.2, 0.25) is 0 Å². The second kappa shape index (κ2) is 7.90. The van der Waals surface area contributed by atoms with Crippen LogP contribution in [0, 0.1) is 0 Å². The van der Waals surface area contributed by atoms with Gasteiger partial charge in [-0.15, -0.1) is 11.3 Å². The van der Waals surface area contributed by atoms with Gasteiger partial charge in [-0.25, -0.2) is 4.79 Å². The van der Waals surface area contributed by atoms with Crippen LogP contribution < -0.4 is 10.2 Å². The van der Waals surface area contributed by atoms with Gasteiger partial charge >= 0.3 is 6.03 Å². The van der Waals surface area contributed by atoms with Gasteiger partial charge in [0.15, 0.2) is 0 Å². The lowest BCUT2D eigenvalue weighted by atomic mass is 10.2. The van der Waals surface area contributed by atoms with Gasteiger partial charge in [-0.2, -0.15) is 0 Å². The van der Waals surface area contributed by atoms with Crippen LogP contribution in [0.15, 0.2) is 41.8 Å². The molecule has 0 saturated carbocycles. The Hall–Kier alpha value is -1.72. The molecule has 4 nitrogen and oxygen atoms in total. The molecule has 1 unspecified atom stereocenters. The maximum atomic E-state index is 12.5. The lowest BCUT2D eigenvalue weighted by Gasteiger charge is -2.36. The van der Waals surface area contributed by atoms with E-state index >= 15 is 0 Å². The number of nitrogens with one attached hydrogen (secondary N) is 1. The molecule has 2 heterocycles. The maximum Gasteiger partial charge on any atom is 0.318 e. The van der Waals surface area contributed by atoms with Crippen molar-refractivity contribution >= 4 is 34.7 Å². The van der Waals surface area contributed by atoms with Crippen LogP contribution in [0.5, 0.6) is 0 Å². The molecule has 6 heteroatoms. The molecule has 0 radical (unpaired) electrons. The number of hydrogen-bond acceptors (Lipinski definition) is 3. The molecule has 2 amide bonds. The summed E-state index contributed by atoms with van der Waals surface area (Å²) in [6.07, 6.45) is 0.898. The van der Waals surface area contributed by atoms with E-state index in [9.17, 15) is 4.79 Å². The predicted octanol–water partition coefficient (Wildman–Crippen LogP) is 4.38. The van der Waals surface area contributed by atoms with Crippen LogP contribution in [0.1, 0.15) is 24.3 Å². The standard InChI is InChI=1S/C18H22ClN3OS/c1-2-16(17-7-4-12-24-17)20-18(23)22-10-8-21(9-11-22)15-6-3-5-14(19)13-15/h3-7,12-13,16H,2,8-11H2,1H3,(H,20,23). The zero-order valence-electron chi connectivity index (χ0n) is 13.7. The van der Waals surface area contributed by atoms with E-state index in [1.165, 1.54) is 4.88 Å². The summed E-state index contributed by atoms with van der Waals surface area (Å²) >= 11 is 7.75. The molecule has 1 saturated heterocycles. The summed E-state index contributed by atoms with van der Waals surface area (Å²) in [6.45, 7) is 5.19. The van der Waals surface area contributed by atoms with Crippen LogP contribution in [0.4, 0.5) is 10.5 Å². The average molecular weight is 364 g/mol. The Balaban J connectivity index is 1.55. The minimum absolute atomic E-state index is 0.0287. The number of urea groups is 1. The second-order valence-electron chi connectivity index (χ2n) is 5.88. The average Bonchev–Trinajstić information content (AvgIpc) is 3.14. The highest BCUT2D eigenvalue weighted by Gasteiger charge is 2.23. The van der Waals surface area contributed by atoms with E-state index in [4.69, 9.17) is 11.6 Å². The van der Waals surface area contributed by atoms with Gasteiger partial charge in [0.25, 0.3) is 0 Å². The van der Waals surface area contributed by atoms with Crippen molar-refractivity contribution in [3.8, 4) is 0 Å². The van der Waals surface area contributed by atoms with Gasteiger partial charge in [-0.05, 0) is 36.1 Å². The number of benzene rings is 1. The Labute approximate surface area is 152 Å². The summed E-state index contributed by atoms with van der Waals surface area (Å²) in [6, 6.07) is 12.1. The molecule has 1 aromatic carbocycles. The zero-order chi connectivity index (χ0) is 16.9. The lowest BCUT2D eigenvalue weighted by Crippen LogP contribution is -2.52. The van der Waals surface area contributed by atoms with Crippen molar-refractivity contribution in [3.05, 3.63) is 51.7 Å². The van der Waals surface area contributed by atoms with Gasteiger partial charge in [0.05, 0.1) is 6.04 Å². The highest BCUT2D eigenvalue weighted by molar-refractivity contribution is 7.10. The van der Waals surface area contributed by atoms with Crippen LogP contribution >= 0.6 is 22.9 Å². The molecule has 1 fully saturated rings. The molecule has 0 bridgehead atoms. The largest absolute Gasteiger partial charge is 0.368 e. The highest BCUT2D eigenvalue weighted by atomic mass is 35.5. The van der Waals surface area contributed by atoms with Gasteiger partial charge in [0.1, 0.15) is 0 Å². The van der Waals surface area contributed by atoms with Gasteiger partial charge in [-0.1, -0.05) is 30.7 Å².